The summed E-state index contributed by atoms with van der Waals surface area (Å²) in [5, 5.41) is 9.60. The SMILES string of the molecule is COCC(O)CN(C)C(=O)c1ccc(Br)cc1C. The summed E-state index contributed by atoms with van der Waals surface area (Å²) in [6, 6.07) is 5.51. The number of nitrogens with zero attached hydrogens (tertiary/aromatic N) is 1. The van der Waals surface area contributed by atoms with Crippen LogP contribution in [0.1, 0.15) is 15.9 Å². The average molecular weight is 316 g/mol. The maximum absolute atomic E-state index is 12.2. The molecule has 1 rings (SSSR count). The van der Waals surface area contributed by atoms with E-state index in [9.17, 15) is 9.90 Å². The number of carbonyl (C=O) groups excluding carboxylic acids is 1. The van der Waals surface area contributed by atoms with Crippen molar-refractivity contribution in [2.24, 2.45) is 0 Å². The van der Waals surface area contributed by atoms with Gasteiger partial charge < -0.3 is 14.7 Å². The first-order chi connectivity index (χ1) is 8.45. The van der Waals surface area contributed by atoms with Gasteiger partial charge in [-0.25, -0.2) is 0 Å². The van der Waals surface area contributed by atoms with Crippen molar-refractivity contribution >= 4 is 21.8 Å². The number of amides is 1. The Bertz CT molecular complexity index is 423. The first kappa shape index (κ1) is 15.1. The number of aliphatic hydroxyl groups is 1. The van der Waals surface area contributed by atoms with Crippen LogP contribution >= 0.6 is 15.9 Å². The summed E-state index contributed by atoms with van der Waals surface area (Å²) in [5.74, 6) is -0.102. The topological polar surface area (TPSA) is 49.8 Å². The van der Waals surface area contributed by atoms with Crippen LogP contribution in [0.5, 0.6) is 0 Å². The molecule has 1 N–H and O–H groups in total. The van der Waals surface area contributed by atoms with Crippen molar-refractivity contribution in [2.75, 3.05) is 27.3 Å². The van der Waals surface area contributed by atoms with Gasteiger partial charge in [0.05, 0.1) is 12.7 Å². The Balaban J connectivity index is 2.74. The fourth-order valence-corrected chi connectivity index (χ4v) is 2.19. The lowest BCUT2D eigenvalue weighted by Gasteiger charge is -2.21. The molecule has 5 heteroatoms. The lowest BCUT2D eigenvalue weighted by molar-refractivity contribution is 0.0380. The fraction of sp³-hybridized carbons (Fsp3) is 0.462. The number of aryl methyl sites for hydroxylation is 1. The number of hydrogen-bond donors (Lipinski definition) is 1. The molecule has 1 unspecified atom stereocenters. The molecule has 0 heterocycles. The van der Waals surface area contributed by atoms with Crippen LogP contribution in [0.25, 0.3) is 0 Å². The van der Waals surface area contributed by atoms with Crippen LogP contribution in [0.3, 0.4) is 0 Å². The highest BCUT2D eigenvalue weighted by molar-refractivity contribution is 9.10. The molecule has 1 atom stereocenters. The van der Waals surface area contributed by atoms with Crippen molar-refractivity contribution in [3.8, 4) is 0 Å². The van der Waals surface area contributed by atoms with Gasteiger partial charge in [0, 0.05) is 30.7 Å². The first-order valence-corrected chi connectivity index (χ1v) is 6.43. The average Bonchev–Trinajstić information content (AvgIpc) is 2.28. The second-order valence-corrected chi connectivity index (χ2v) is 5.17. The number of rotatable bonds is 5. The van der Waals surface area contributed by atoms with Gasteiger partial charge in [-0.3, -0.25) is 4.79 Å². The molecule has 0 aliphatic rings. The van der Waals surface area contributed by atoms with Gasteiger partial charge in [-0.15, -0.1) is 0 Å². The Hall–Kier alpha value is -0.910. The van der Waals surface area contributed by atoms with Gasteiger partial charge in [0.2, 0.25) is 0 Å². The Morgan fingerprint density at radius 1 is 1.56 bits per heavy atom. The van der Waals surface area contributed by atoms with E-state index in [2.05, 4.69) is 15.9 Å². The summed E-state index contributed by atoms with van der Waals surface area (Å²) in [6.45, 7) is 2.36. The largest absolute Gasteiger partial charge is 0.389 e. The van der Waals surface area contributed by atoms with Gasteiger partial charge in [-0.2, -0.15) is 0 Å². The van der Waals surface area contributed by atoms with E-state index in [1.807, 2.05) is 19.1 Å². The molecule has 18 heavy (non-hydrogen) atoms. The Labute approximate surface area is 116 Å². The lowest BCUT2D eigenvalue weighted by atomic mass is 10.1. The zero-order chi connectivity index (χ0) is 13.7. The minimum absolute atomic E-state index is 0.102. The summed E-state index contributed by atoms with van der Waals surface area (Å²) >= 11 is 3.36. The number of hydrogen-bond acceptors (Lipinski definition) is 3. The second-order valence-electron chi connectivity index (χ2n) is 4.25. The van der Waals surface area contributed by atoms with Crippen molar-refractivity contribution < 1.29 is 14.6 Å². The molecule has 1 amide bonds. The highest BCUT2D eigenvalue weighted by Gasteiger charge is 2.17. The summed E-state index contributed by atoms with van der Waals surface area (Å²) < 4.78 is 5.78. The van der Waals surface area contributed by atoms with Crippen LogP contribution in [0.2, 0.25) is 0 Å². The number of benzene rings is 1. The first-order valence-electron chi connectivity index (χ1n) is 5.64. The third-order valence-corrected chi connectivity index (χ3v) is 3.10. The van der Waals surface area contributed by atoms with Gasteiger partial charge >= 0.3 is 0 Å². The third kappa shape index (κ3) is 4.08. The Morgan fingerprint density at radius 2 is 2.22 bits per heavy atom. The van der Waals surface area contributed by atoms with Crippen LogP contribution in [0.15, 0.2) is 22.7 Å². The minimum Gasteiger partial charge on any atom is -0.389 e. The zero-order valence-corrected chi connectivity index (χ0v) is 12.4. The summed E-state index contributed by atoms with van der Waals surface area (Å²) in [6.07, 6.45) is -0.667. The van der Waals surface area contributed by atoms with Crippen molar-refractivity contribution in [2.45, 2.75) is 13.0 Å². The molecule has 0 aliphatic carbocycles. The van der Waals surface area contributed by atoms with Gasteiger partial charge in [-0.1, -0.05) is 15.9 Å². The number of ether oxygens (including phenoxy) is 1. The molecular weight excluding hydrogens is 298 g/mol. The normalized spacial score (nSPS) is 12.3. The van der Waals surface area contributed by atoms with E-state index in [0.29, 0.717) is 5.56 Å². The van der Waals surface area contributed by atoms with Crippen molar-refractivity contribution in [3.05, 3.63) is 33.8 Å². The van der Waals surface area contributed by atoms with Crippen molar-refractivity contribution in [1.29, 1.82) is 0 Å². The van der Waals surface area contributed by atoms with E-state index < -0.39 is 6.10 Å². The molecule has 0 spiro atoms. The van der Waals surface area contributed by atoms with Crippen LogP contribution in [0, 0.1) is 6.92 Å². The molecule has 1 aromatic carbocycles. The van der Waals surface area contributed by atoms with E-state index in [4.69, 9.17) is 4.74 Å². The van der Waals surface area contributed by atoms with Gasteiger partial charge in [0.1, 0.15) is 0 Å². The quantitative estimate of drug-likeness (QED) is 0.902. The van der Waals surface area contributed by atoms with E-state index in [-0.39, 0.29) is 19.1 Å². The second kappa shape index (κ2) is 6.87. The lowest BCUT2D eigenvalue weighted by Crippen LogP contribution is -2.36. The molecule has 0 aliphatic heterocycles. The Kier molecular flexibility index (Phi) is 5.78. The molecule has 0 aromatic heterocycles. The molecule has 0 fully saturated rings. The monoisotopic (exact) mass is 315 g/mol. The molecule has 0 saturated carbocycles. The summed E-state index contributed by atoms with van der Waals surface area (Å²) in [4.78, 5) is 13.7. The highest BCUT2D eigenvalue weighted by Crippen LogP contribution is 2.17. The number of aliphatic hydroxyl groups excluding tert-OH is 1. The van der Waals surface area contributed by atoms with Crippen LogP contribution in [-0.4, -0.2) is 49.3 Å². The van der Waals surface area contributed by atoms with Crippen LogP contribution in [-0.2, 0) is 4.74 Å². The number of likely N-dealkylation sites (N-methyl/N-ethyl adjacent to an activating group) is 1. The molecule has 100 valence electrons. The number of halogens is 1. The van der Waals surface area contributed by atoms with Gasteiger partial charge in [0.25, 0.3) is 5.91 Å². The maximum atomic E-state index is 12.2. The molecular formula is C13H18BrNO3. The van der Waals surface area contributed by atoms with Crippen molar-refractivity contribution in [3.63, 3.8) is 0 Å². The van der Waals surface area contributed by atoms with E-state index in [0.717, 1.165) is 10.0 Å². The van der Waals surface area contributed by atoms with Crippen LogP contribution < -0.4 is 0 Å². The molecule has 0 saturated heterocycles. The Morgan fingerprint density at radius 3 is 2.78 bits per heavy atom. The van der Waals surface area contributed by atoms with E-state index in [1.54, 1.807) is 13.1 Å². The van der Waals surface area contributed by atoms with Gasteiger partial charge in [0.15, 0.2) is 0 Å². The predicted molar refractivity (Wildman–Crippen MR) is 73.7 cm³/mol. The highest BCUT2D eigenvalue weighted by atomic mass is 79.9. The zero-order valence-electron chi connectivity index (χ0n) is 10.8. The minimum atomic E-state index is -0.667. The molecule has 0 bridgehead atoms. The number of carbonyl (C=O) groups is 1. The van der Waals surface area contributed by atoms with E-state index >= 15 is 0 Å². The number of methoxy groups -OCH3 is 1. The standard InChI is InChI=1S/C13H18BrNO3/c1-9-6-10(14)4-5-12(9)13(17)15(2)7-11(16)8-18-3/h4-6,11,16H,7-8H2,1-3H3. The summed E-state index contributed by atoms with van der Waals surface area (Å²) in [5.41, 5.74) is 1.55. The third-order valence-electron chi connectivity index (χ3n) is 2.61. The van der Waals surface area contributed by atoms with Crippen molar-refractivity contribution in [1.82, 2.24) is 4.90 Å². The molecule has 4 nitrogen and oxygen atoms in total. The predicted octanol–water partition coefficient (Wildman–Crippen LogP) is 1.84. The molecule has 1 aromatic rings. The van der Waals surface area contributed by atoms with Gasteiger partial charge in [-0.05, 0) is 30.7 Å². The smallest absolute Gasteiger partial charge is 0.253 e. The maximum Gasteiger partial charge on any atom is 0.253 e. The molecule has 0 radical (unpaired) electrons. The van der Waals surface area contributed by atoms with Crippen LogP contribution in [0.4, 0.5) is 0 Å². The van der Waals surface area contributed by atoms with E-state index in [1.165, 1.54) is 12.0 Å². The summed E-state index contributed by atoms with van der Waals surface area (Å²) in [7, 11) is 3.19. The fourth-order valence-electron chi connectivity index (χ4n) is 1.72.